The first kappa shape index (κ1) is 24.6. The monoisotopic (exact) mass is 427 g/mol. The lowest BCUT2D eigenvalue weighted by atomic mass is 9.94. The second-order valence-electron chi connectivity index (χ2n) is 6.63. The van der Waals surface area contributed by atoms with Gasteiger partial charge >= 0.3 is 11.9 Å². The van der Waals surface area contributed by atoms with Crippen molar-refractivity contribution < 1.29 is 28.7 Å². The molecule has 3 N–H and O–H groups in total. The van der Waals surface area contributed by atoms with Crippen LogP contribution >= 0.6 is 11.3 Å². The van der Waals surface area contributed by atoms with E-state index in [0.717, 1.165) is 11.3 Å². The number of rotatable bonds is 10. The van der Waals surface area contributed by atoms with Crippen LogP contribution in [0.1, 0.15) is 59.2 Å². The summed E-state index contributed by atoms with van der Waals surface area (Å²) in [6.07, 6.45) is 0.711. The molecule has 1 rings (SSSR count). The maximum Gasteiger partial charge on any atom is 0.341 e. The molecule has 29 heavy (non-hydrogen) atoms. The molecule has 0 saturated heterocycles. The molecule has 2 amide bonds. The zero-order valence-electron chi connectivity index (χ0n) is 17.7. The maximum absolute atomic E-state index is 12.5. The van der Waals surface area contributed by atoms with Crippen molar-refractivity contribution in [2.24, 2.45) is 0 Å². The summed E-state index contributed by atoms with van der Waals surface area (Å²) in [6.45, 7) is 7.10. The fourth-order valence-electron chi connectivity index (χ4n) is 2.55. The Kier molecular flexibility index (Phi) is 9.25. The summed E-state index contributed by atoms with van der Waals surface area (Å²) in [5.41, 5.74) is -0.00992. The molecule has 10 heteroatoms. The van der Waals surface area contributed by atoms with Crippen molar-refractivity contribution in [3.05, 3.63) is 16.0 Å². The Bertz CT molecular complexity index is 776. The van der Waals surface area contributed by atoms with Crippen LogP contribution in [0.3, 0.4) is 0 Å². The fraction of sp³-hybridized carbons (Fsp3) is 0.579. The molecule has 0 aliphatic carbocycles. The van der Waals surface area contributed by atoms with Gasteiger partial charge in [0.15, 0.2) is 0 Å². The molecule has 9 nitrogen and oxygen atoms in total. The molecule has 162 valence electrons. The van der Waals surface area contributed by atoms with E-state index in [0.29, 0.717) is 16.9 Å². The zero-order valence-corrected chi connectivity index (χ0v) is 18.5. The van der Waals surface area contributed by atoms with E-state index in [-0.39, 0.29) is 42.0 Å². The van der Waals surface area contributed by atoms with E-state index in [1.54, 1.807) is 13.8 Å². The van der Waals surface area contributed by atoms with Gasteiger partial charge in [0.05, 0.1) is 37.1 Å². The van der Waals surface area contributed by atoms with E-state index >= 15 is 0 Å². The van der Waals surface area contributed by atoms with E-state index in [9.17, 15) is 19.2 Å². The van der Waals surface area contributed by atoms with Crippen LogP contribution in [0.15, 0.2) is 0 Å². The fourth-order valence-corrected chi connectivity index (χ4v) is 3.71. The Morgan fingerprint density at radius 3 is 2.34 bits per heavy atom. The number of amides is 2. The molecule has 0 spiro atoms. The summed E-state index contributed by atoms with van der Waals surface area (Å²) in [7, 11) is 2.80. The zero-order chi connectivity index (χ0) is 22.2. The first-order valence-corrected chi connectivity index (χ1v) is 10.1. The van der Waals surface area contributed by atoms with Gasteiger partial charge in [-0.25, -0.2) is 4.79 Å². The van der Waals surface area contributed by atoms with Crippen LogP contribution in [0.5, 0.6) is 0 Å². The van der Waals surface area contributed by atoms with Gasteiger partial charge in [-0.15, -0.1) is 11.3 Å². The first-order chi connectivity index (χ1) is 13.6. The van der Waals surface area contributed by atoms with E-state index in [4.69, 9.17) is 9.47 Å². The second-order valence-corrected chi connectivity index (χ2v) is 7.65. The molecule has 1 aromatic rings. The number of thiophene rings is 1. The average Bonchev–Trinajstić information content (AvgIpc) is 3.01. The van der Waals surface area contributed by atoms with Crippen molar-refractivity contribution in [1.82, 2.24) is 10.6 Å². The quantitative estimate of drug-likeness (QED) is 0.487. The maximum atomic E-state index is 12.5. The number of carbonyl (C=O) groups excluding carboxylic acids is 4. The van der Waals surface area contributed by atoms with E-state index < -0.39 is 17.4 Å². The molecule has 0 bridgehead atoms. The van der Waals surface area contributed by atoms with Gasteiger partial charge in [-0.3, -0.25) is 14.4 Å². The van der Waals surface area contributed by atoms with Crippen LogP contribution in [-0.2, 0) is 19.1 Å². The molecule has 0 aliphatic heterocycles. The summed E-state index contributed by atoms with van der Waals surface area (Å²) < 4.78 is 9.76. The normalized spacial score (nSPS) is 12.6. The van der Waals surface area contributed by atoms with Gasteiger partial charge in [0.1, 0.15) is 5.00 Å². The lowest BCUT2D eigenvalue weighted by Gasteiger charge is -2.28. The van der Waals surface area contributed by atoms with Crippen LogP contribution in [0.25, 0.3) is 0 Å². The molecule has 0 radical (unpaired) electrons. The third-order valence-electron chi connectivity index (χ3n) is 4.53. The van der Waals surface area contributed by atoms with E-state index in [2.05, 4.69) is 16.0 Å². The van der Waals surface area contributed by atoms with Crippen molar-refractivity contribution >= 4 is 40.1 Å². The Hall–Kier alpha value is -2.46. The molecular formula is C19H29N3O6S. The van der Waals surface area contributed by atoms with Gasteiger partial charge in [-0.05, 0) is 32.8 Å². The number of anilines is 1. The SMILES string of the molecule is CCOC(=O)c1c(NC(=O)CN[C@](C)(CC)CC(=O)OC)sc(C(=O)NC)c1C. The summed E-state index contributed by atoms with van der Waals surface area (Å²) in [5.74, 6) is -1.75. The summed E-state index contributed by atoms with van der Waals surface area (Å²) in [4.78, 5) is 48.8. The van der Waals surface area contributed by atoms with E-state index in [1.807, 2.05) is 13.8 Å². The highest BCUT2D eigenvalue weighted by Crippen LogP contribution is 2.33. The van der Waals surface area contributed by atoms with Crippen molar-refractivity contribution in [3.8, 4) is 0 Å². The largest absolute Gasteiger partial charge is 0.469 e. The number of hydrogen-bond acceptors (Lipinski definition) is 8. The van der Waals surface area contributed by atoms with Crippen molar-refractivity contribution in [2.75, 3.05) is 32.6 Å². The molecular weight excluding hydrogens is 398 g/mol. The average molecular weight is 428 g/mol. The molecule has 0 unspecified atom stereocenters. The van der Waals surface area contributed by atoms with Gasteiger partial charge in [-0.1, -0.05) is 6.92 Å². The topological polar surface area (TPSA) is 123 Å². The number of ether oxygens (including phenoxy) is 2. The van der Waals surface area contributed by atoms with Crippen LogP contribution in [0, 0.1) is 6.92 Å². The number of esters is 2. The first-order valence-electron chi connectivity index (χ1n) is 9.26. The third kappa shape index (κ3) is 6.53. The summed E-state index contributed by atoms with van der Waals surface area (Å²) >= 11 is 1.01. The van der Waals surface area contributed by atoms with Gasteiger partial charge in [0.2, 0.25) is 5.91 Å². The predicted octanol–water partition coefficient (Wildman–Crippen LogP) is 1.85. The summed E-state index contributed by atoms with van der Waals surface area (Å²) in [6, 6.07) is 0. The highest BCUT2D eigenvalue weighted by molar-refractivity contribution is 7.18. The van der Waals surface area contributed by atoms with Gasteiger partial charge in [0, 0.05) is 12.6 Å². The smallest absolute Gasteiger partial charge is 0.341 e. The van der Waals surface area contributed by atoms with Gasteiger partial charge in [0.25, 0.3) is 5.91 Å². The lowest BCUT2D eigenvalue weighted by molar-refractivity contribution is -0.142. The van der Waals surface area contributed by atoms with Crippen LogP contribution < -0.4 is 16.0 Å². The van der Waals surface area contributed by atoms with E-state index in [1.165, 1.54) is 14.2 Å². The Morgan fingerprint density at radius 2 is 1.83 bits per heavy atom. The highest BCUT2D eigenvalue weighted by Gasteiger charge is 2.28. The third-order valence-corrected chi connectivity index (χ3v) is 5.74. The Morgan fingerprint density at radius 1 is 1.17 bits per heavy atom. The van der Waals surface area contributed by atoms with Gasteiger partial charge < -0.3 is 25.4 Å². The molecule has 1 aromatic heterocycles. The molecule has 1 atom stereocenters. The minimum atomic E-state index is -0.618. The number of carbonyl (C=O) groups is 4. The van der Waals surface area contributed by atoms with Crippen LogP contribution in [-0.4, -0.2) is 56.6 Å². The van der Waals surface area contributed by atoms with Crippen molar-refractivity contribution in [2.45, 2.75) is 46.1 Å². The molecule has 0 saturated carbocycles. The lowest BCUT2D eigenvalue weighted by Crippen LogP contribution is -2.47. The number of nitrogens with one attached hydrogen (secondary N) is 3. The minimum Gasteiger partial charge on any atom is -0.469 e. The van der Waals surface area contributed by atoms with Crippen molar-refractivity contribution in [3.63, 3.8) is 0 Å². The van der Waals surface area contributed by atoms with Crippen LogP contribution in [0.2, 0.25) is 0 Å². The number of methoxy groups -OCH3 is 1. The van der Waals surface area contributed by atoms with Crippen molar-refractivity contribution in [1.29, 1.82) is 0 Å². The molecule has 0 aliphatic rings. The molecule has 1 heterocycles. The Balaban J connectivity index is 3.01. The summed E-state index contributed by atoms with van der Waals surface area (Å²) in [5, 5.41) is 8.49. The highest BCUT2D eigenvalue weighted by atomic mass is 32.1. The van der Waals surface area contributed by atoms with Gasteiger partial charge in [-0.2, -0.15) is 0 Å². The van der Waals surface area contributed by atoms with Crippen LogP contribution in [0.4, 0.5) is 5.00 Å². The second kappa shape index (κ2) is 10.9. The number of hydrogen-bond donors (Lipinski definition) is 3. The Labute approximate surface area is 174 Å². The molecule has 0 fully saturated rings. The molecule has 0 aromatic carbocycles. The minimum absolute atomic E-state index is 0.0874. The standard InChI is InChI=1S/C19H29N3O6S/c1-7-19(4,9-13(24)27-6)21-10-12(23)22-17-14(18(26)28-8-2)11(3)15(29-17)16(25)20-5/h21H,7-10H2,1-6H3,(H,20,25)(H,22,23)/t19-/m1/s1. The predicted molar refractivity (Wildman–Crippen MR) is 110 cm³/mol.